The largest absolute Gasteiger partial charge is 0.508 e. The molecule has 4 rings (SSSR count). The molecule has 0 spiro atoms. The second kappa shape index (κ2) is 13.1. The van der Waals surface area contributed by atoms with Gasteiger partial charge in [0.05, 0.1) is 33.4 Å². The Morgan fingerprint density at radius 2 is 1.52 bits per heavy atom. The number of aromatic hydroxyl groups is 1. The van der Waals surface area contributed by atoms with E-state index in [1.165, 1.54) is 23.9 Å². The number of alkyl halides is 3. The summed E-state index contributed by atoms with van der Waals surface area (Å²) in [6.45, 7) is 0.614. The number of benzene rings is 4. The van der Waals surface area contributed by atoms with Gasteiger partial charge in [0.15, 0.2) is 5.17 Å². The SMILES string of the molecule is COc1cccc(SC(=Nc2ccc(Cl)c(C(F)(F)F)c2)N(Cc2ccc(O)cc2)Cc2ccc(Cl)c(Cl)c2)c1. The summed E-state index contributed by atoms with van der Waals surface area (Å²) in [7, 11) is 1.55. The van der Waals surface area contributed by atoms with Crippen molar-refractivity contribution >= 4 is 57.4 Å². The minimum Gasteiger partial charge on any atom is -0.508 e. The fourth-order valence-electron chi connectivity index (χ4n) is 3.71. The summed E-state index contributed by atoms with van der Waals surface area (Å²) in [5.41, 5.74) is 0.741. The first-order valence-corrected chi connectivity index (χ1v) is 13.7. The molecular formula is C29H22Cl3F3N2O2S. The van der Waals surface area contributed by atoms with Crippen LogP contribution in [0, 0.1) is 0 Å². The highest BCUT2D eigenvalue weighted by Crippen LogP contribution is 2.38. The van der Waals surface area contributed by atoms with E-state index in [1.54, 1.807) is 55.6 Å². The smallest absolute Gasteiger partial charge is 0.417 e. The van der Waals surface area contributed by atoms with E-state index in [2.05, 4.69) is 4.99 Å². The number of nitrogens with zero attached hydrogens (tertiary/aromatic N) is 2. The van der Waals surface area contributed by atoms with Crippen LogP contribution in [-0.2, 0) is 19.3 Å². The Labute approximate surface area is 249 Å². The van der Waals surface area contributed by atoms with Crippen LogP contribution in [0.25, 0.3) is 0 Å². The maximum Gasteiger partial charge on any atom is 0.417 e. The van der Waals surface area contributed by atoms with Crippen LogP contribution in [0.5, 0.6) is 11.5 Å². The molecule has 4 aromatic carbocycles. The van der Waals surface area contributed by atoms with Gasteiger partial charge in [-0.15, -0.1) is 0 Å². The van der Waals surface area contributed by atoms with E-state index in [0.717, 1.165) is 22.1 Å². The van der Waals surface area contributed by atoms with E-state index >= 15 is 0 Å². The van der Waals surface area contributed by atoms with Crippen LogP contribution in [0.2, 0.25) is 15.1 Å². The predicted molar refractivity (Wildman–Crippen MR) is 156 cm³/mol. The minimum atomic E-state index is -4.64. The average molecular weight is 626 g/mol. The van der Waals surface area contributed by atoms with Crippen molar-refractivity contribution in [2.75, 3.05) is 7.11 Å². The molecule has 0 aromatic heterocycles. The van der Waals surface area contributed by atoms with E-state index in [0.29, 0.717) is 34.1 Å². The molecule has 0 aliphatic carbocycles. The van der Waals surface area contributed by atoms with E-state index in [1.807, 2.05) is 23.1 Å². The number of hydrogen-bond acceptors (Lipinski definition) is 4. The lowest BCUT2D eigenvalue weighted by Crippen LogP contribution is -2.28. The number of amidine groups is 1. The number of hydrogen-bond donors (Lipinski definition) is 1. The van der Waals surface area contributed by atoms with Gasteiger partial charge in [-0.3, -0.25) is 0 Å². The number of phenols is 1. The second-order valence-corrected chi connectivity index (χ2v) is 10.9. The van der Waals surface area contributed by atoms with Gasteiger partial charge < -0.3 is 14.7 Å². The van der Waals surface area contributed by atoms with Crippen molar-refractivity contribution in [3.63, 3.8) is 0 Å². The van der Waals surface area contributed by atoms with Crippen LogP contribution in [0.3, 0.4) is 0 Å². The zero-order valence-electron chi connectivity index (χ0n) is 20.9. The van der Waals surface area contributed by atoms with E-state index in [4.69, 9.17) is 39.5 Å². The van der Waals surface area contributed by atoms with Gasteiger partial charge in [-0.05, 0) is 71.8 Å². The highest BCUT2D eigenvalue weighted by molar-refractivity contribution is 8.13. The first-order chi connectivity index (χ1) is 19.0. The third-order valence-electron chi connectivity index (χ3n) is 5.67. The Hall–Kier alpha value is -3.04. The molecule has 11 heteroatoms. The summed E-state index contributed by atoms with van der Waals surface area (Å²) in [6.07, 6.45) is -4.64. The van der Waals surface area contributed by atoms with Crippen LogP contribution >= 0.6 is 46.6 Å². The molecule has 208 valence electrons. The summed E-state index contributed by atoms with van der Waals surface area (Å²) in [6, 6.07) is 22.7. The Morgan fingerprint density at radius 3 is 2.20 bits per heavy atom. The topological polar surface area (TPSA) is 45.1 Å². The summed E-state index contributed by atoms with van der Waals surface area (Å²) < 4.78 is 46.2. The van der Waals surface area contributed by atoms with Gasteiger partial charge in [-0.1, -0.05) is 70.8 Å². The minimum absolute atomic E-state index is 0.0759. The van der Waals surface area contributed by atoms with E-state index < -0.39 is 16.8 Å². The predicted octanol–water partition coefficient (Wildman–Crippen LogP) is 9.86. The lowest BCUT2D eigenvalue weighted by molar-refractivity contribution is -0.137. The molecule has 0 atom stereocenters. The van der Waals surface area contributed by atoms with Crippen molar-refractivity contribution in [2.24, 2.45) is 4.99 Å². The number of phenolic OH excluding ortho intramolecular Hbond substituents is 1. The second-order valence-electron chi connectivity index (χ2n) is 8.61. The molecule has 0 aliphatic rings. The number of methoxy groups -OCH3 is 1. The molecule has 4 aromatic rings. The van der Waals surface area contributed by atoms with Crippen LogP contribution in [0.4, 0.5) is 18.9 Å². The molecule has 0 bridgehead atoms. The molecule has 1 N–H and O–H groups in total. The van der Waals surface area contributed by atoms with Gasteiger partial charge >= 0.3 is 6.18 Å². The van der Waals surface area contributed by atoms with Gasteiger partial charge in [0, 0.05) is 18.0 Å². The maximum absolute atomic E-state index is 13.6. The first-order valence-electron chi connectivity index (χ1n) is 11.8. The third-order valence-corrected chi connectivity index (χ3v) is 7.76. The van der Waals surface area contributed by atoms with Crippen molar-refractivity contribution in [2.45, 2.75) is 24.2 Å². The summed E-state index contributed by atoms with van der Waals surface area (Å²) in [5.74, 6) is 0.727. The van der Waals surface area contributed by atoms with E-state index in [-0.39, 0.29) is 11.4 Å². The van der Waals surface area contributed by atoms with Gasteiger partial charge in [0.25, 0.3) is 0 Å². The molecule has 40 heavy (non-hydrogen) atoms. The number of thioether (sulfide) groups is 1. The van der Waals surface area contributed by atoms with Crippen LogP contribution in [-0.4, -0.2) is 22.3 Å². The summed E-state index contributed by atoms with van der Waals surface area (Å²) in [5, 5.41) is 10.5. The molecule has 0 fully saturated rings. The Bertz CT molecular complexity index is 1520. The lowest BCUT2D eigenvalue weighted by Gasteiger charge is -2.27. The molecule has 0 amide bonds. The van der Waals surface area contributed by atoms with Crippen molar-refractivity contribution < 1.29 is 23.0 Å². The number of ether oxygens (including phenoxy) is 1. The van der Waals surface area contributed by atoms with E-state index in [9.17, 15) is 18.3 Å². The molecule has 0 radical (unpaired) electrons. The molecule has 0 aliphatic heterocycles. The van der Waals surface area contributed by atoms with Crippen molar-refractivity contribution in [3.05, 3.63) is 117 Å². The fraction of sp³-hybridized carbons (Fsp3) is 0.138. The standard InChI is InChI=1S/C29H22Cl3F3N2O2S/c1-39-22-3-2-4-23(15-22)40-28(36-20-8-12-25(30)24(14-20)29(33,34)35)37(16-18-5-9-21(38)10-6-18)17-19-7-11-26(31)27(32)13-19/h2-15,38H,16-17H2,1H3. The summed E-state index contributed by atoms with van der Waals surface area (Å²) in [4.78, 5) is 7.33. The Kier molecular flexibility index (Phi) is 9.79. The van der Waals surface area contributed by atoms with Gasteiger partial charge in [-0.2, -0.15) is 13.2 Å². The zero-order valence-corrected chi connectivity index (χ0v) is 24.0. The molecule has 4 nitrogen and oxygen atoms in total. The fourth-order valence-corrected chi connectivity index (χ4v) is 5.20. The number of rotatable bonds is 7. The molecule has 0 heterocycles. The van der Waals surface area contributed by atoms with Crippen molar-refractivity contribution in [1.82, 2.24) is 4.90 Å². The van der Waals surface area contributed by atoms with Crippen LogP contribution in [0.1, 0.15) is 16.7 Å². The van der Waals surface area contributed by atoms with Crippen LogP contribution < -0.4 is 4.74 Å². The first kappa shape index (κ1) is 29.9. The van der Waals surface area contributed by atoms with Gasteiger partial charge in [-0.25, -0.2) is 4.99 Å². The zero-order chi connectivity index (χ0) is 28.9. The molecular weight excluding hydrogens is 604 g/mol. The van der Waals surface area contributed by atoms with Crippen molar-refractivity contribution in [3.8, 4) is 11.5 Å². The molecule has 0 saturated carbocycles. The normalized spacial score (nSPS) is 11.9. The number of halogens is 6. The van der Waals surface area contributed by atoms with Crippen molar-refractivity contribution in [1.29, 1.82) is 0 Å². The third kappa shape index (κ3) is 8.01. The quantitative estimate of drug-likeness (QED) is 0.126. The average Bonchev–Trinajstić information content (AvgIpc) is 2.91. The summed E-state index contributed by atoms with van der Waals surface area (Å²) >= 11 is 19.5. The maximum atomic E-state index is 13.6. The van der Waals surface area contributed by atoms with Gasteiger partial charge in [0.1, 0.15) is 11.5 Å². The highest BCUT2D eigenvalue weighted by atomic mass is 35.5. The Balaban J connectivity index is 1.83. The highest BCUT2D eigenvalue weighted by Gasteiger charge is 2.33. The monoisotopic (exact) mass is 624 g/mol. The molecule has 0 unspecified atom stereocenters. The molecule has 0 saturated heterocycles. The lowest BCUT2D eigenvalue weighted by atomic mass is 10.1. The van der Waals surface area contributed by atoms with Gasteiger partial charge in [0.2, 0.25) is 0 Å². The van der Waals surface area contributed by atoms with Crippen LogP contribution in [0.15, 0.2) is 94.8 Å². The number of aliphatic imine (C=N–C) groups is 1. The Morgan fingerprint density at radius 1 is 0.850 bits per heavy atom.